The first-order valence-corrected chi connectivity index (χ1v) is 6.53. The van der Waals surface area contributed by atoms with Crippen LogP contribution in [-0.4, -0.2) is 38.9 Å². The second kappa shape index (κ2) is 4.10. The van der Waals surface area contributed by atoms with E-state index in [0.29, 0.717) is 18.0 Å². The van der Waals surface area contributed by atoms with Gasteiger partial charge in [0.25, 0.3) is 0 Å². The number of rotatable bonds is 2. The van der Waals surface area contributed by atoms with Gasteiger partial charge in [0.1, 0.15) is 0 Å². The van der Waals surface area contributed by atoms with Crippen molar-refractivity contribution in [3.8, 4) is 0 Å². The topological polar surface area (TPSA) is 41.3 Å². The molecule has 0 saturated carbocycles. The second-order valence-electron chi connectivity index (χ2n) is 5.67. The predicted molar refractivity (Wildman–Crippen MR) is 65.5 cm³/mol. The molecule has 3 unspecified atom stereocenters. The van der Waals surface area contributed by atoms with Gasteiger partial charge in [0.15, 0.2) is 0 Å². The van der Waals surface area contributed by atoms with Gasteiger partial charge >= 0.3 is 0 Å². The number of hydrogen-bond donors (Lipinski definition) is 1. The molecule has 17 heavy (non-hydrogen) atoms. The van der Waals surface area contributed by atoms with Gasteiger partial charge in [-0.25, -0.2) is 0 Å². The molecule has 0 aromatic carbocycles. The third-order valence-electron chi connectivity index (χ3n) is 4.65. The van der Waals surface area contributed by atoms with Crippen LogP contribution >= 0.6 is 0 Å². The molecule has 2 aliphatic rings. The van der Waals surface area contributed by atoms with Crippen LogP contribution in [0.5, 0.6) is 0 Å². The first kappa shape index (κ1) is 11.2. The van der Waals surface area contributed by atoms with Crippen LogP contribution in [0.4, 0.5) is 0 Å². The number of aryl methyl sites for hydroxylation is 1. The molecule has 2 aliphatic heterocycles. The lowest BCUT2D eigenvalue weighted by Crippen LogP contribution is -2.41. The lowest BCUT2D eigenvalue weighted by atomic mass is 9.84. The molecule has 1 aromatic heterocycles. The van der Waals surface area contributed by atoms with Crippen LogP contribution in [-0.2, 0) is 7.05 Å². The summed E-state index contributed by atoms with van der Waals surface area (Å²) in [6.45, 7) is 0. The summed E-state index contributed by atoms with van der Waals surface area (Å²) in [6, 6.07) is 1.37. The predicted octanol–water partition coefficient (Wildman–Crippen LogP) is 1.33. The van der Waals surface area contributed by atoms with Crippen molar-refractivity contribution in [1.82, 2.24) is 14.7 Å². The fourth-order valence-electron chi connectivity index (χ4n) is 3.58. The van der Waals surface area contributed by atoms with Gasteiger partial charge in [-0.1, -0.05) is 0 Å². The molecule has 0 radical (unpaired) electrons. The molecule has 2 bridgehead atoms. The van der Waals surface area contributed by atoms with Crippen LogP contribution in [0.2, 0.25) is 0 Å². The van der Waals surface area contributed by atoms with Crippen molar-refractivity contribution in [1.29, 1.82) is 0 Å². The van der Waals surface area contributed by atoms with Crippen LogP contribution in [0.25, 0.3) is 0 Å². The van der Waals surface area contributed by atoms with Crippen molar-refractivity contribution < 1.29 is 5.11 Å². The van der Waals surface area contributed by atoms with Crippen LogP contribution < -0.4 is 0 Å². The SMILES string of the molecule is CN1C2CCC1CC(C(O)c1cnn(C)c1)C2. The minimum atomic E-state index is -0.333. The van der Waals surface area contributed by atoms with Gasteiger partial charge in [0.05, 0.1) is 12.3 Å². The lowest BCUT2D eigenvalue weighted by Gasteiger charge is -2.38. The number of piperidine rings is 1. The molecular weight excluding hydrogens is 214 g/mol. The maximum Gasteiger partial charge on any atom is 0.0849 e. The molecular formula is C13H21N3O. The minimum absolute atomic E-state index is 0.333. The molecule has 3 rings (SSSR count). The maximum atomic E-state index is 10.4. The van der Waals surface area contributed by atoms with E-state index in [0.717, 1.165) is 18.4 Å². The zero-order valence-electron chi connectivity index (χ0n) is 10.6. The number of nitrogens with zero attached hydrogens (tertiary/aromatic N) is 3. The van der Waals surface area contributed by atoms with E-state index >= 15 is 0 Å². The summed E-state index contributed by atoms with van der Waals surface area (Å²) in [5.74, 6) is 0.410. The van der Waals surface area contributed by atoms with Crippen LogP contribution in [0.1, 0.15) is 37.4 Å². The molecule has 3 heterocycles. The Morgan fingerprint density at radius 1 is 1.29 bits per heavy atom. The third kappa shape index (κ3) is 1.89. The van der Waals surface area contributed by atoms with Gasteiger partial charge in [-0.3, -0.25) is 4.68 Å². The Hall–Kier alpha value is -0.870. The van der Waals surface area contributed by atoms with E-state index in [1.807, 2.05) is 13.2 Å². The molecule has 0 aliphatic carbocycles. The highest BCUT2D eigenvalue weighted by Crippen LogP contribution is 2.42. The van der Waals surface area contributed by atoms with Gasteiger partial charge in [-0.15, -0.1) is 0 Å². The first-order chi connectivity index (χ1) is 8.15. The number of aromatic nitrogens is 2. The van der Waals surface area contributed by atoms with Crippen molar-refractivity contribution in [3.63, 3.8) is 0 Å². The summed E-state index contributed by atoms with van der Waals surface area (Å²) in [5, 5.41) is 14.6. The number of aliphatic hydroxyl groups excluding tert-OH is 1. The van der Waals surface area contributed by atoms with Crippen molar-refractivity contribution in [2.75, 3.05) is 7.05 Å². The van der Waals surface area contributed by atoms with Crippen molar-refractivity contribution >= 4 is 0 Å². The summed E-state index contributed by atoms with van der Waals surface area (Å²) >= 11 is 0. The zero-order chi connectivity index (χ0) is 12.0. The van der Waals surface area contributed by atoms with Crippen LogP contribution in [0.3, 0.4) is 0 Å². The molecule has 1 N–H and O–H groups in total. The Morgan fingerprint density at radius 3 is 2.47 bits per heavy atom. The van der Waals surface area contributed by atoms with Crippen molar-refractivity contribution in [2.24, 2.45) is 13.0 Å². The average Bonchev–Trinajstić information content (AvgIpc) is 2.79. The standard InChI is InChI=1S/C13H21N3O/c1-15-8-10(7-14-15)13(17)9-5-11-3-4-12(6-9)16(11)2/h7-9,11-13,17H,3-6H2,1-2H3. The molecule has 94 valence electrons. The molecule has 0 spiro atoms. The molecule has 0 amide bonds. The first-order valence-electron chi connectivity index (χ1n) is 6.53. The summed E-state index contributed by atoms with van der Waals surface area (Å²) < 4.78 is 1.77. The fraction of sp³-hybridized carbons (Fsp3) is 0.769. The van der Waals surface area contributed by atoms with E-state index in [1.54, 1.807) is 10.9 Å². The fourth-order valence-corrected chi connectivity index (χ4v) is 3.58. The normalized spacial score (nSPS) is 35.1. The molecule has 4 heteroatoms. The average molecular weight is 235 g/mol. The van der Waals surface area contributed by atoms with Gasteiger partial charge in [-0.2, -0.15) is 5.10 Å². The zero-order valence-corrected chi connectivity index (χ0v) is 10.6. The molecule has 1 aromatic rings. The smallest absolute Gasteiger partial charge is 0.0849 e. The summed E-state index contributed by atoms with van der Waals surface area (Å²) in [6.07, 6.45) is 8.26. The quantitative estimate of drug-likeness (QED) is 0.840. The number of fused-ring (bicyclic) bond motifs is 2. The van der Waals surface area contributed by atoms with E-state index < -0.39 is 0 Å². The van der Waals surface area contributed by atoms with Crippen LogP contribution in [0.15, 0.2) is 12.4 Å². The van der Waals surface area contributed by atoms with E-state index in [9.17, 15) is 5.11 Å². The second-order valence-corrected chi connectivity index (χ2v) is 5.67. The Kier molecular flexibility index (Phi) is 2.71. The van der Waals surface area contributed by atoms with E-state index in [-0.39, 0.29) is 6.10 Å². The Bertz CT molecular complexity index is 389. The maximum absolute atomic E-state index is 10.4. The molecule has 2 saturated heterocycles. The minimum Gasteiger partial charge on any atom is -0.388 e. The van der Waals surface area contributed by atoms with E-state index in [1.165, 1.54) is 12.8 Å². The molecule has 3 atom stereocenters. The van der Waals surface area contributed by atoms with Crippen LogP contribution in [0, 0.1) is 5.92 Å². The summed E-state index contributed by atoms with van der Waals surface area (Å²) in [5.41, 5.74) is 0.974. The van der Waals surface area contributed by atoms with E-state index in [2.05, 4.69) is 17.0 Å². The summed E-state index contributed by atoms with van der Waals surface area (Å²) in [7, 11) is 4.13. The molecule has 4 nitrogen and oxygen atoms in total. The van der Waals surface area contributed by atoms with Gasteiger partial charge in [0, 0.05) is 30.9 Å². The van der Waals surface area contributed by atoms with Gasteiger partial charge in [-0.05, 0) is 38.6 Å². The Labute approximate surface area is 102 Å². The van der Waals surface area contributed by atoms with E-state index in [4.69, 9.17) is 0 Å². The highest BCUT2D eigenvalue weighted by molar-refractivity contribution is 5.11. The number of aliphatic hydroxyl groups is 1. The van der Waals surface area contributed by atoms with Crippen molar-refractivity contribution in [2.45, 2.75) is 43.9 Å². The van der Waals surface area contributed by atoms with Gasteiger partial charge < -0.3 is 10.0 Å². The van der Waals surface area contributed by atoms with Crippen molar-refractivity contribution in [3.05, 3.63) is 18.0 Å². The Balaban J connectivity index is 1.74. The lowest BCUT2D eigenvalue weighted by molar-refractivity contribution is 0.0356. The molecule has 2 fully saturated rings. The number of hydrogen-bond acceptors (Lipinski definition) is 3. The third-order valence-corrected chi connectivity index (χ3v) is 4.65. The largest absolute Gasteiger partial charge is 0.388 e. The van der Waals surface area contributed by atoms with Gasteiger partial charge in [0.2, 0.25) is 0 Å². The summed E-state index contributed by atoms with van der Waals surface area (Å²) in [4.78, 5) is 2.51. The Morgan fingerprint density at radius 2 is 1.94 bits per heavy atom. The highest BCUT2D eigenvalue weighted by Gasteiger charge is 2.41. The highest BCUT2D eigenvalue weighted by atomic mass is 16.3. The monoisotopic (exact) mass is 235 g/mol.